The van der Waals surface area contributed by atoms with Crippen LogP contribution in [-0.2, 0) is 22.6 Å². The number of nitrogens with zero attached hydrogens (tertiary/aromatic N) is 1. The van der Waals surface area contributed by atoms with E-state index in [1.807, 2.05) is 54.6 Å². The largest absolute Gasteiger partial charge is 0.489 e. The van der Waals surface area contributed by atoms with Crippen molar-refractivity contribution in [2.24, 2.45) is 5.92 Å². The van der Waals surface area contributed by atoms with Gasteiger partial charge >= 0.3 is 0 Å². The van der Waals surface area contributed by atoms with Crippen molar-refractivity contribution in [3.05, 3.63) is 78.4 Å². The number of carbonyl (C=O) groups excluding carboxylic acids is 2. The van der Waals surface area contributed by atoms with Gasteiger partial charge in [0.1, 0.15) is 12.4 Å². The monoisotopic (exact) mass is 480 g/mol. The van der Waals surface area contributed by atoms with E-state index in [2.05, 4.69) is 11.9 Å². The summed E-state index contributed by atoms with van der Waals surface area (Å²) in [6.07, 6.45) is 4.14. The van der Waals surface area contributed by atoms with Gasteiger partial charge in [-0.05, 0) is 48.9 Å². The lowest BCUT2D eigenvalue weighted by atomic mass is 9.98. The van der Waals surface area contributed by atoms with Crippen molar-refractivity contribution >= 4 is 11.8 Å². The Bertz CT molecular complexity index is 948. The van der Waals surface area contributed by atoms with Crippen LogP contribution < -0.4 is 10.1 Å². The number of aliphatic hydroxyl groups is 2. The Hall–Kier alpha value is -3.16. The van der Waals surface area contributed by atoms with E-state index in [-0.39, 0.29) is 37.5 Å². The van der Waals surface area contributed by atoms with E-state index in [4.69, 9.17) is 4.74 Å². The summed E-state index contributed by atoms with van der Waals surface area (Å²) in [7, 11) is 0. The summed E-state index contributed by atoms with van der Waals surface area (Å²) in [4.78, 5) is 27.4. The molecule has 0 spiro atoms. The second-order valence-electron chi connectivity index (χ2n) is 9.00. The first-order chi connectivity index (χ1) is 17.0. The molecule has 0 radical (unpaired) electrons. The minimum atomic E-state index is -0.567. The van der Waals surface area contributed by atoms with Gasteiger partial charge in [-0.1, -0.05) is 48.5 Å². The summed E-state index contributed by atoms with van der Waals surface area (Å²) >= 11 is 0. The van der Waals surface area contributed by atoms with Crippen LogP contribution in [0.25, 0.3) is 0 Å². The van der Waals surface area contributed by atoms with Gasteiger partial charge in [0.25, 0.3) is 0 Å². The van der Waals surface area contributed by atoms with Gasteiger partial charge in [0.05, 0.1) is 31.2 Å². The highest BCUT2D eigenvalue weighted by atomic mass is 16.5. The molecule has 188 valence electrons. The molecule has 0 aromatic heterocycles. The first-order valence-corrected chi connectivity index (χ1v) is 12.2. The van der Waals surface area contributed by atoms with Crippen LogP contribution in [0.1, 0.15) is 36.8 Å². The fraction of sp³-hybridized carbons (Fsp3) is 0.429. The molecule has 7 nitrogen and oxygen atoms in total. The van der Waals surface area contributed by atoms with Crippen molar-refractivity contribution in [1.82, 2.24) is 10.2 Å². The lowest BCUT2D eigenvalue weighted by Crippen LogP contribution is -2.44. The van der Waals surface area contributed by atoms with E-state index in [1.54, 1.807) is 11.0 Å². The Balaban J connectivity index is 1.53. The Morgan fingerprint density at radius 3 is 2.51 bits per heavy atom. The minimum absolute atomic E-state index is 0.0555. The van der Waals surface area contributed by atoms with Crippen LogP contribution in [0.2, 0.25) is 0 Å². The van der Waals surface area contributed by atoms with Crippen molar-refractivity contribution < 1.29 is 24.5 Å². The summed E-state index contributed by atoms with van der Waals surface area (Å²) in [6.45, 7) is 4.53. The van der Waals surface area contributed by atoms with Crippen molar-refractivity contribution in [3.8, 4) is 5.75 Å². The van der Waals surface area contributed by atoms with Crippen molar-refractivity contribution in [3.63, 3.8) is 0 Å². The number of aliphatic hydroxyl groups excluding tert-OH is 2. The highest BCUT2D eigenvalue weighted by Gasteiger charge is 2.31. The molecule has 0 bridgehead atoms. The molecule has 1 heterocycles. The molecule has 1 aliphatic heterocycles. The molecule has 1 fully saturated rings. The molecule has 0 saturated carbocycles. The number of rotatable bonds is 13. The highest BCUT2D eigenvalue weighted by Crippen LogP contribution is 2.21. The molecule has 7 heteroatoms. The zero-order valence-electron chi connectivity index (χ0n) is 20.1. The number of nitrogens with one attached hydrogen (secondary N) is 1. The quantitative estimate of drug-likeness (QED) is 0.383. The van der Waals surface area contributed by atoms with Gasteiger partial charge in [-0.25, -0.2) is 0 Å². The predicted molar refractivity (Wildman–Crippen MR) is 135 cm³/mol. The van der Waals surface area contributed by atoms with E-state index in [9.17, 15) is 19.8 Å². The molecule has 1 saturated heterocycles. The topological polar surface area (TPSA) is 99.1 Å². The number of benzene rings is 2. The Kier molecular flexibility index (Phi) is 10.3. The summed E-state index contributed by atoms with van der Waals surface area (Å²) in [6, 6.07) is 16.9. The molecule has 3 atom stereocenters. The standard InChI is InChI=1S/C28H36N2O5/c1-2-7-23(17-27(33)30-15-6-10-25(30)19-32)28(34)29-24(18-31)16-21-11-13-26(14-12-21)35-20-22-8-4-3-5-9-22/h2-5,8-9,11-14,23-25,31-32H,1,6-7,10,15-20H2,(H,29,34). The van der Waals surface area contributed by atoms with E-state index in [0.29, 0.717) is 26.0 Å². The molecular weight excluding hydrogens is 444 g/mol. The van der Waals surface area contributed by atoms with Gasteiger partial charge in [-0.2, -0.15) is 0 Å². The van der Waals surface area contributed by atoms with Crippen molar-refractivity contribution in [2.45, 2.75) is 50.8 Å². The van der Waals surface area contributed by atoms with E-state index >= 15 is 0 Å². The molecule has 2 amide bonds. The summed E-state index contributed by atoms with van der Waals surface area (Å²) in [5, 5.41) is 22.3. The number of ether oxygens (including phenoxy) is 1. The third-order valence-corrected chi connectivity index (χ3v) is 6.37. The van der Waals surface area contributed by atoms with Gasteiger partial charge in [0.15, 0.2) is 0 Å². The average molecular weight is 481 g/mol. The number of carbonyl (C=O) groups is 2. The molecule has 0 aliphatic carbocycles. The lowest BCUT2D eigenvalue weighted by molar-refractivity contribution is -0.137. The minimum Gasteiger partial charge on any atom is -0.489 e. The highest BCUT2D eigenvalue weighted by molar-refractivity contribution is 5.86. The number of allylic oxidation sites excluding steroid dienone is 1. The van der Waals surface area contributed by atoms with Gasteiger partial charge in [-0.15, -0.1) is 6.58 Å². The zero-order valence-corrected chi connectivity index (χ0v) is 20.1. The van der Waals surface area contributed by atoms with Crippen molar-refractivity contribution in [2.75, 3.05) is 19.8 Å². The summed E-state index contributed by atoms with van der Waals surface area (Å²) in [5.74, 6) is -0.229. The number of hydrogen-bond donors (Lipinski definition) is 3. The zero-order chi connectivity index (χ0) is 25.0. The van der Waals surface area contributed by atoms with Crippen LogP contribution in [0.3, 0.4) is 0 Å². The van der Waals surface area contributed by atoms with Crippen LogP contribution in [0, 0.1) is 5.92 Å². The Morgan fingerprint density at radius 2 is 1.86 bits per heavy atom. The van der Waals surface area contributed by atoms with Crippen LogP contribution in [0.4, 0.5) is 0 Å². The third kappa shape index (κ3) is 7.94. The van der Waals surface area contributed by atoms with Gasteiger partial charge in [0.2, 0.25) is 11.8 Å². The molecule has 3 N–H and O–H groups in total. The maximum atomic E-state index is 13.0. The summed E-state index contributed by atoms with van der Waals surface area (Å²) in [5.41, 5.74) is 2.04. The van der Waals surface area contributed by atoms with Gasteiger partial charge in [-0.3, -0.25) is 9.59 Å². The van der Waals surface area contributed by atoms with Crippen LogP contribution in [0.15, 0.2) is 67.3 Å². The summed E-state index contributed by atoms with van der Waals surface area (Å²) < 4.78 is 5.82. The third-order valence-electron chi connectivity index (χ3n) is 6.37. The van der Waals surface area contributed by atoms with E-state index in [0.717, 1.165) is 29.7 Å². The van der Waals surface area contributed by atoms with Crippen LogP contribution >= 0.6 is 0 Å². The normalized spacial score (nSPS) is 17.0. The van der Waals surface area contributed by atoms with Gasteiger partial charge in [0, 0.05) is 13.0 Å². The maximum absolute atomic E-state index is 13.0. The molecular formula is C28H36N2O5. The SMILES string of the molecule is C=CCC(CC(=O)N1CCCC1CO)C(=O)NC(CO)Cc1ccc(OCc2ccccc2)cc1. The molecule has 3 unspecified atom stereocenters. The second kappa shape index (κ2) is 13.7. The predicted octanol–water partition coefficient (Wildman–Crippen LogP) is 2.85. The number of hydrogen-bond acceptors (Lipinski definition) is 5. The van der Waals surface area contributed by atoms with Crippen molar-refractivity contribution in [1.29, 1.82) is 0 Å². The molecule has 3 rings (SSSR count). The van der Waals surface area contributed by atoms with Crippen LogP contribution in [-0.4, -0.2) is 58.8 Å². The Morgan fingerprint density at radius 1 is 1.11 bits per heavy atom. The number of likely N-dealkylation sites (tertiary alicyclic amines) is 1. The van der Waals surface area contributed by atoms with Gasteiger partial charge < -0.3 is 25.2 Å². The first-order valence-electron chi connectivity index (χ1n) is 12.2. The van der Waals surface area contributed by atoms with E-state index in [1.165, 1.54) is 0 Å². The smallest absolute Gasteiger partial charge is 0.224 e. The molecule has 1 aliphatic rings. The second-order valence-corrected chi connectivity index (χ2v) is 9.00. The molecule has 2 aromatic rings. The fourth-order valence-corrected chi connectivity index (χ4v) is 4.39. The maximum Gasteiger partial charge on any atom is 0.224 e. The molecule has 35 heavy (non-hydrogen) atoms. The fourth-order valence-electron chi connectivity index (χ4n) is 4.39. The van der Waals surface area contributed by atoms with E-state index < -0.39 is 12.0 Å². The lowest BCUT2D eigenvalue weighted by Gasteiger charge is -2.26. The first kappa shape index (κ1) is 26.4. The molecule has 2 aromatic carbocycles. The average Bonchev–Trinajstić information content (AvgIpc) is 3.37. The number of amides is 2. The van der Waals surface area contributed by atoms with Crippen LogP contribution in [0.5, 0.6) is 5.75 Å². The Labute approximate surface area is 207 Å².